The topological polar surface area (TPSA) is 79.3 Å². The van der Waals surface area contributed by atoms with Gasteiger partial charge in [-0.25, -0.2) is 4.98 Å². The first-order valence-corrected chi connectivity index (χ1v) is 6.00. The first-order chi connectivity index (χ1) is 8.04. The fraction of sp³-hybridized carbons (Fsp3) is 0.364. The maximum Gasteiger partial charge on any atom is 0.319 e. The molecule has 1 aliphatic rings. The molecule has 1 aliphatic carbocycles. The predicted molar refractivity (Wildman–Crippen MR) is 64.5 cm³/mol. The summed E-state index contributed by atoms with van der Waals surface area (Å²) in [6, 6.07) is 3.35. The number of carbonyl (C=O) groups is 2. The fourth-order valence-electron chi connectivity index (χ4n) is 1.75. The lowest BCUT2D eigenvalue weighted by Gasteiger charge is -2.35. The van der Waals surface area contributed by atoms with Crippen molar-refractivity contribution in [2.24, 2.45) is 5.41 Å². The Morgan fingerprint density at radius 1 is 1.41 bits per heavy atom. The van der Waals surface area contributed by atoms with Crippen molar-refractivity contribution >= 4 is 33.6 Å². The minimum atomic E-state index is -1.26. The van der Waals surface area contributed by atoms with E-state index in [1.807, 2.05) is 0 Å². The van der Waals surface area contributed by atoms with Crippen LogP contribution < -0.4 is 5.32 Å². The van der Waals surface area contributed by atoms with Crippen LogP contribution in [0.1, 0.15) is 19.3 Å². The summed E-state index contributed by atoms with van der Waals surface area (Å²) in [5.74, 6) is -1.17. The number of carbonyl (C=O) groups excluding carboxylic acids is 1. The maximum absolute atomic E-state index is 11.9. The number of nitrogens with one attached hydrogen (secondary N) is 1. The Morgan fingerprint density at radius 3 is 2.53 bits per heavy atom. The molecule has 6 heteroatoms. The standard InChI is InChI=1S/C11H11BrN2O3/c12-7-2-3-8(13-6-7)14-9(15)11(10(16)17)4-1-5-11/h2-3,6H,1,4-5H2,(H,16,17)(H,13,14,15). The Labute approximate surface area is 106 Å². The smallest absolute Gasteiger partial charge is 0.319 e. The highest BCUT2D eigenvalue weighted by atomic mass is 79.9. The van der Waals surface area contributed by atoms with Crippen molar-refractivity contribution in [1.29, 1.82) is 0 Å². The fourth-order valence-corrected chi connectivity index (χ4v) is 1.99. The zero-order valence-corrected chi connectivity index (χ0v) is 10.5. The third kappa shape index (κ3) is 2.17. The van der Waals surface area contributed by atoms with E-state index in [2.05, 4.69) is 26.2 Å². The molecular formula is C11H11BrN2O3. The molecule has 0 atom stereocenters. The average Bonchev–Trinajstić information content (AvgIpc) is 2.19. The van der Waals surface area contributed by atoms with Crippen LogP contribution in [0.15, 0.2) is 22.8 Å². The zero-order valence-electron chi connectivity index (χ0n) is 8.94. The van der Waals surface area contributed by atoms with Gasteiger partial charge < -0.3 is 10.4 Å². The first kappa shape index (κ1) is 12.0. The summed E-state index contributed by atoms with van der Waals surface area (Å²) in [4.78, 5) is 27.0. The molecule has 1 aromatic rings. The lowest BCUT2D eigenvalue weighted by Crippen LogP contribution is -2.48. The number of halogens is 1. The number of hydrogen-bond acceptors (Lipinski definition) is 3. The van der Waals surface area contributed by atoms with Gasteiger partial charge in [0.1, 0.15) is 11.2 Å². The summed E-state index contributed by atoms with van der Waals surface area (Å²) in [5, 5.41) is 11.6. The van der Waals surface area contributed by atoms with Gasteiger partial charge in [-0.15, -0.1) is 0 Å². The van der Waals surface area contributed by atoms with Crippen LogP contribution in [0.25, 0.3) is 0 Å². The van der Waals surface area contributed by atoms with Gasteiger partial charge in [0.15, 0.2) is 0 Å². The molecule has 5 nitrogen and oxygen atoms in total. The quantitative estimate of drug-likeness (QED) is 0.837. The molecule has 90 valence electrons. The van der Waals surface area contributed by atoms with Crippen LogP contribution in [0.2, 0.25) is 0 Å². The Kier molecular flexibility index (Phi) is 3.15. The number of pyridine rings is 1. The summed E-state index contributed by atoms with van der Waals surface area (Å²) in [6.07, 6.45) is 3.10. The van der Waals surface area contributed by atoms with E-state index in [1.54, 1.807) is 18.3 Å². The molecule has 2 N–H and O–H groups in total. The second-order valence-electron chi connectivity index (χ2n) is 4.06. The van der Waals surface area contributed by atoms with Gasteiger partial charge >= 0.3 is 5.97 Å². The second kappa shape index (κ2) is 4.44. The number of aromatic nitrogens is 1. The van der Waals surface area contributed by atoms with Crippen molar-refractivity contribution in [3.8, 4) is 0 Å². The third-order valence-electron chi connectivity index (χ3n) is 3.02. The number of rotatable bonds is 3. The summed E-state index contributed by atoms with van der Waals surface area (Å²) in [5.41, 5.74) is -1.26. The summed E-state index contributed by atoms with van der Waals surface area (Å²) < 4.78 is 0.798. The lowest BCUT2D eigenvalue weighted by atomic mass is 9.68. The number of hydrogen-bond donors (Lipinski definition) is 2. The summed E-state index contributed by atoms with van der Waals surface area (Å²) in [7, 11) is 0. The molecule has 17 heavy (non-hydrogen) atoms. The number of carboxylic acid groups (broad SMARTS) is 1. The van der Waals surface area contributed by atoms with Crippen LogP contribution in [0.3, 0.4) is 0 Å². The monoisotopic (exact) mass is 298 g/mol. The predicted octanol–water partition coefficient (Wildman–Crippen LogP) is 2.04. The van der Waals surface area contributed by atoms with Crippen molar-refractivity contribution in [3.05, 3.63) is 22.8 Å². The Bertz CT molecular complexity index is 454. The van der Waals surface area contributed by atoms with E-state index in [4.69, 9.17) is 5.11 Å². The van der Waals surface area contributed by atoms with Gasteiger partial charge in [0.2, 0.25) is 5.91 Å². The number of aliphatic carboxylic acids is 1. The van der Waals surface area contributed by atoms with E-state index in [1.165, 1.54) is 0 Å². The minimum Gasteiger partial charge on any atom is -0.480 e. The van der Waals surface area contributed by atoms with Crippen molar-refractivity contribution in [1.82, 2.24) is 4.98 Å². The van der Waals surface area contributed by atoms with Crippen LogP contribution in [0, 0.1) is 5.41 Å². The molecule has 0 bridgehead atoms. The van der Waals surface area contributed by atoms with E-state index < -0.39 is 17.3 Å². The molecule has 0 aromatic carbocycles. The second-order valence-corrected chi connectivity index (χ2v) is 4.97. The number of carboxylic acids is 1. The van der Waals surface area contributed by atoms with Crippen LogP contribution in [0.5, 0.6) is 0 Å². The van der Waals surface area contributed by atoms with E-state index in [9.17, 15) is 9.59 Å². The highest BCUT2D eigenvalue weighted by molar-refractivity contribution is 9.10. The number of amides is 1. The molecule has 1 saturated carbocycles. The van der Waals surface area contributed by atoms with Crippen molar-refractivity contribution in [2.45, 2.75) is 19.3 Å². The Hall–Kier alpha value is -1.43. The molecular weight excluding hydrogens is 288 g/mol. The van der Waals surface area contributed by atoms with Crippen molar-refractivity contribution in [2.75, 3.05) is 5.32 Å². The van der Waals surface area contributed by atoms with Gasteiger partial charge in [0.25, 0.3) is 0 Å². The SMILES string of the molecule is O=C(O)C1(C(=O)Nc2ccc(Br)cn2)CCC1. The van der Waals surface area contributed by atoms with Gasteiger partial charge in [-0.05, 0) is 40.9 Å². The van der Waals surface area contributed by atoms with Gasteiger partial charge in [0, 0.05) is 10.7 Å². The Balaban J connectivity index is 2.11. The maximum atomic E-state index is 11.9. The minimum absolute atomic E-state index is 0.366. The highest BCUT2D eigenvalue weighted by Gasteiger charge is 2.51. The van der Waals surface area contributed by atoms with E-state index in [0.29, 0.717) is 18.7 Å². The zero-order chi connectivity index (χ0) is 12.5. The first-order valence-electron chi connectivity index (χ1n) is 5.21. The molecule has 1 aromatic heterocycles. The Morgan fingerprint density at radius 2 is 2.12 bits per heavy atom. The van der Waals surface area contributed by atoms with Crippen LogP contribution >= 0.6 is 15.9 Å². The molecule has 0 unspecified atom stereocenters. The van der Waals surface area contributed by atoms with E-state index in [-0.39, 0.29) is 0 Å². The van der Waals surface area contributed by atoms with Crippen LogP contribution in [0.4, 0.5) is 5.82 Å². The molecule has 0 saturated heterocycles. The van der Waals surface area contributed by atoms with Gasteiger partial charge in [-0.1, -0.05) is 6.42 Å². The van der Waals surface area contributed by atoms with Crippen LogP contribution in [-0.2, 0) is 9.59 Å². The molecule has 0 spiro atoms. The molecule has 0 radical (unpaired) electrons. The molecule has 1 heterocycles. The van der Waals surface area contributed by atoms with Crippen LogP contribution in [-0.4, -0.2) is 22.0 Å². The largest absolute Gasteiger partial charge is 0.480 e. The van der Waals surface area contributed by atoms with Gasteiger partial charge in [-0.3, -0.25) is 9.59 Å². The van der Waals surface area contributed by atoms with Gasteiger partial charge in [0.05, 0.1) is 0 Å². The lowest BCUT2D eigenvalue weighted by molar-refractivity contribution is -0.159. The average molecular weight is 299 g/mol. The summed E-state index contributed by atoms with van der Waals surface area (Å²) in [6.45, 7) is 0. The highest BCUT2D eigenvalue weighted by Crippen LogP contribution is 2.42. The van der Waals surface area contributed by atoms with Crippen molar-refractivity contribution < 1.29 is 14.7 Å². The van der Waals surface area contributed by atoms with Gasteiger partial charge in [-0.2, -0.15) is 0 Å². The van der Waals surface area contributed by atoms with Crippen molar-refractivity contribution in [3.63, 3.8) is 0 Å². The molecule has 1 amide bonds. The summed E-state index contributed by atoms with van der Waals surface area (Å²) >= 11 is 3.23. The molecule has 0 aliphatic heterocycles. The third-order valence-corrected chi connectivity index (χ3v) is 3.49. The molecule has 1 fully saturated rings. The van der Waals surface area contributed by atoms with E-state index >= 15 is 0 Å². The van der Waals surface area contributed by atoms with E-state index in [0.717, 1.165) is 10.9 Å². The number of anilines is 1. The number of nitrogens with zero attached hydrogens (tertiary/aromatic N) is 1. The normalized spacial score (nSPS) is 17.0. The molecule has 2 rings (SSSR count).